The molecular formula is C21H23N3OS. The normalized spacial score (nSPS) is 10.8. The number of carbonyl (C=O) groups excluding carboxylic acids is 1. The fourth-order valence-electron chi connectivity index (χ4n) is 3.05. The summed E-state index contributed by atoms with van der Waals surface area (Å²) in [4.78, 5) is 16.8. The van der Waals surface area contributed by atoms with Crippen LogP contribution in [0.25, 0.3) is 5.69 Å². The van der Waals surface area contributed by atoms with Crippen LogP contribution < -0.4 is 5.32 Å². The molecule has 3 rings (SSSR count). The molecule has 0 aliphatic heterocycles. The van der Waals surface area contributed by atoms with Crippen LogP contribution in [0.5, 0.6) is 0 Å². The van der Waals surface area contributed by atoms with Crippen molar-refractivity contribution in [1.82, 2.24) is 9.55 Å². The molecule has 26 heavy (non-hydrogen) atoms. The highest BCUT2D eigenvalue weighted by molar-refractivity contribution is 7.99. The monoisotopic (exact) mass is 365 g/mol. The Morgan fingerprint density at radius 2 is 1.81 bits per heavy atom. The SMILES string of the molecule is Cc1cccc(-n2ccnc2SCC(=O)Nc2c(C)cc(C)cc2C)c1. The first-order chi connectivity index (χ1) is 12.4. The van der Waals surface area contributed by atoms with Crippen molar-refractivity contribution in [2.75, 3.05) is 11.1 Å². The first kappa shape index (κ1) is 18.3. The summed E-state index contributed by atoms with van der Waals surface area (Å²) in [5, 5.41) is 3.85. The van der Waals surface area contributed by atoms with Crippen LogP contribution in [-0.2, 0) is 4.79 Å². The molecule has 1 amide bonds. The lowest BCUT2D eigenvalue weighted by Gasteiger charge is -2.13. The molecule has 0 aliphatic carbocycles. The van der Waals surface area contributed by atoms with Gasteiger partial charge < -0.3 is 5.32 Å². The Balaban J connectivity index is 1.69. The molecule has 0 saturated carbocycles. The quantitative estimate of drug-likeness (QED) is 0.658. The Hall–Kier alpha value is -2.53. The second-order valence-electron chi connectivity index (χ2n) is 6.53. The minimum absolute atomic E-state index is 0.0242. The number of imidazole rings is 1. The molecule has 0 radical (unpaired) electrons. The second-order valence-corrected chi connectivity index (χ2v) is 7.47. The molecular weight excluding hydrogens is 342 g/mol. The van der Waals surface area contributed by atoms with Gasteiger partial charge in [-0.25, -0.2) is 4.98 Å². The summed E-state index contributed by atoms with van der Waals surface area (Å²) in [6.07, 6.45) is 3.68. The molecule has 5 heteroatoms. The van der Waals surface area contributed by atoms with Crippen LogP contribution in [0, 0.1) is 27.7 Å². The van der Waals surface area contributed by atoms with Gasteiger partial charge in [0.05, 0.1) is 5.75 Å². The van der Waals surface area contributed by atoms with Crippen molar-refractivity contribution in [2.45, 2.75) is 32.9 Å². The van der Waals surface area contributed by atoms with Gasteiger partial charge >= 0.3 is 0 Å². The average molecular weight is 366 g/mol. The predicted octanol–water partition coefficient (Wildman–Crippen LogP) is 4.84. The number of carbonyl (C=O) groups is 1. The number of benzene rings is 2. The maximum absolute atomic E-state index is 12.4. The number of thioether (sulfide) groups is 1. The van der Waals surface area contributed by atoms with Gasteiger partial charge in [0.25, 0.3) is 0 Å². The first-order valence-corrected chi connectivity index (χ1v) is 9.53. The zero-order chi connectivity index (χ0) is 18.7. The molecule has 2 aromatic carbocycles. The van der Waals surface area contributed by atoms with E-state index in [1.165, 1.54) is 22.9 Å². The van der Waals surface area contributed by atoms with Crippen LogP contribution in [0.2, 0.25) is 0 Å². The molecule has 134 valence electrons. The average Bonchev–Trinajstić information content (AvgIpc) is 3.05. The molecule has 3 aromatic rings. The van der Waals surface area contributed by atoms with Crippen LogP contribution in [-0.4, -0.2) is 21.2 Å². The van der Waals surface area contributed by atoms with Crippen molar-refractivity contribution in [3.63, 3.8) is 0 Å². The van der Waals surface area contributed by atoms with E-state index in [1.54, 1.807) is 6.20 Å². The van der Waals surface area contributed by atoms with Gasteiger partial charge in [-0.05, 0) is 56.5 Å². The number of rotatable bonds is 5. The Labute approximate surface area is 158 Å². The lowest BCUT2D eigenvalue weighted by molar-refractivity contribution is -0.113. The number of hydrogen-bond acceptors (Lipinski definition) is 3. The van der Waals surface area contributed by atoms with Gasteiger partial charge in [-0.2, -0.15) is 0 Å². The summed E-state index contributed by atoms with van der Waals surface area (Å²) < 4.78 is 2.01. The molecule has 1 N–H and O–H groups in total. The predicted molar refractivity (Wildman–Crippen MR) is 108 cm³/mol. The Kier molecular flexibility index (Phi) is 5.47. The topological polar surface area (TPSA) is 46.9 Å². The van der Waals surface area contributed by atoms with Crippen LogP contribution >= 0.6 is 11.8 Å². The Morgan fingerprint density at radius 3 is 2.50 bits per heavy atom. The van der Waals surface area contributed by atoms with E-state index in [-0.39, 0.29) is 5.91 Å². The van der Waals surface area contributed by atoms with Crippen molar-refractivity contribution >= 4 is 23.4 Å². The van der Waals surface area contributed by atoms with Crippen molar-refractivity contribution in [2.24, 2.45) is 0 Å². The van der Waals surface area contributed by atoms with Crippen molar-refractivity contribution < 1.29 is 4.79 Å². The van der Waals surface area contributed by atoms with E-state index in [0.29, 0.717) is 5.75 Å². The second kappa shape index (κ2) is 7.79. The zero-order valence-corrected chi connectivity index (χ0v) is 16.4. The van der Waals surface area contributed by atoms with Crippen molar-refractivity contribution in [1.29, 1.82) is 0 Å². The summed E-state index contributed by atoms with van der Waals surface area (Å²) in [5.41, 5.74) is 6.52. The smallest absolute Gasteiger partial charge is 0.234 e. The summed E-state index contributed by atoms with van der Waals surface area (Å²) >= 11 is 1.44. The van der Waals surface area contributed by atoms with E-state index in [2.05, 4.69) is 48.4 Å². The van der Waals surface area contributed by atoms with Crippen LogP contribution in [0.3, 0.4) is 0 Å². The summed E-state index contributed by atoms with van der Waals surface area (Å²) in [6.45, 7) is 8.17. The highest BCUT2D eigenvalue weighted by Crippen LogP contribution is 2.24. The fourth-order valence-corrected chi connectivity index (χ4v) is 3.83. The lowest BCUT2D eigenvalue weighted by atomic mass is 10.1. The molecule has 1 aromatic heterocycles. The van der Waals surface area contributed by atoms with Crippen LogP contribution in [0.1, 0.15) is 22.3 Å². The van der Waals surface area contributed by atoms with Gasteiger partial charge in [0.15, 0.2) is 5.16 Å². The number of anilines is 1. The largest absolute Gasteiger partial charge is 0.325 e. The first-order valence-electron chi connectivity index (χ1n) is 8.55. The zero-order valence-electron chi connectivity index (χ0n) is 15.5. The molecule has 0 saturated heterocycles. The molecule has 0 spiro atoms. The van der Waals surface area contributed by atoms with Crippen molar-refractivity contribution in [3.8, 4) is 5.69 Å². The highest BCUT2D eigenvalue weighted by atomic mass is 32.2. The van der Waals surface area contributed by atoms with Gasteiger partial charge in [-0.15, -0.1) is 0 Å². The Morgan fingerprint density at radius 1 is 1.08 bits per heavy atom. The number of nitrogens with one attached hydrogen (secondary N) is 1. The third kappa shape index (κ3) is 4.17. The molecule has 0 aliphatic rings. The number of hydrogen-bond donors (Lipinski definition) is 1. The number of aromatic nitrogens is 2. The van der Waals surface area contributed by atoms with Crippen LogP contribution in [0.4, 0.5) is 5.69 Å². The highest BCUT2D eigenvalue weighted by Gasteiger charge is 2.12. The number of aryl methyl sites for hydroxylation is 4. The third-order valence-corrected chi connectivity index (χ3v) is 5.13. The van der Waals surface area contributed by atoms with E-state index in [0.717, 1.165) is 27.7 Å². The summed E-state index contributed by atoms with van der Waals surface area (Å²) in [5.74, 6) is 0.291. The maximum Gasteiger partial charge on any atom is 0.234 e. The molecule has 0 atom stereocenters. The van der Waals surface area contributed by atoms with E-state index in [4.69, 9.17) is 0 Å². The molecule has 0 fully saturated rings. The van der Waals surface area contributed by atoms with E-state index in [9.17, 15) is 4.79 Å². The van der Waals surface area contributed by atoms with E-state index in [1.807, 2.05) is 36.7 Å². The third-order valence-electron chi connectivity index (χ3n) is 4.16. The van der Waals surface area contributed by atoms with Gasteiger partial charge in [-0.1, -0.05) is 41.6 Å². The summed E-state index contributed by atoms with van der Waals surface area (Å²) in [6, 6.07) is 12.4. The Bertz CT molecular complexity index is 923. The maximum atomic E-state index is 12.4. The van der Waals surface area contributed by atoms with Gasteiger partial charge in [0, 0.05) is 23.8 Å². The molecule has 0 unspecified atom stereocenters. The van der Waals surface area contributed by atoms with Crippen LogP contribution in [0.15, 0.2) is 53.9 Å². The molecule has 0 bridgehead atoms. The van der Waals surface area contributed by atoms with E-state index >= 15 is 0 Å². The lowest BCUT2D eigenvalue weighted by Crippen LogP contribution is -2.16. The van der Waals surface area contributed by atoms with E-state index < -0.39 is 0 Å². The number of amides is 1. The molecule has 1 heterocycles. The van der Waals surface area contributed by atoms with Gasteiger partial charge in [0.2, 0.25) is 5.91 Å². The minimum atomic E-state index is -0.0242. The summed E-state index contributed by atoms with van der Waals surface area (Å²) in [7, 11) is 0. The van der Waals surface area contributed by atoms with Gasteiger partial charge in [0.1, 0.15) is 0 Å². The minimum Gasteiger partial charge on any atom is -0.325 e. The van der Waals surface area contributed by atoms with Crippen molar-refractivity contribution in [3.05, 3.63) is 71.0 Å². The number of nitrogens with zero attached hydrogens (tertiary/aromatic N) is 2. The molecule has 4 nitrogen and oxygen atoms in total. The van der Waals surface area contributed by atoms with Gasteiger partial charge in [-0.3, -0.25) is 9.36 Å². The fraction of sp³-hybridized carbons (Fsp3) is 0.238. The standard InChI is InChI=1S/C21H23N3OS/c1-14-6-5-7-18(12-14)24-9-8-22-21(24)26-13-19(25)23-20-16(3)10-15(2)11-17(20)4/h5-12H,13H2,1-4H3,(H,23,25).